The molecule has 1 fully saturated rings. The average molecular weight is 464 g/mol. The summed E-state index contributed by atoms with van der Waals surface area (Å²) in [6, 6.07) is 4.63. The molecule has 1 heterocycles. The van der Waals surface area contributed by atoms with E-state index in [1.807, 2.05) is 13.8 Å². The molecule has 176 valence electrons. The van der Waals surface area contributed by atoms with E-state index in [1.54, 1.807) is 39.0 Å². The number of carbonyl (C=O) groups is 3. The predicted octanol–water partition coefficient (Wildman–Crippen LogP) is 3.15. The van der Waals surface area contributed by atoms with E-state index in [9.17, 15) is 22.8 Å². The Morgan fingerprint density at radius 2 is 1.66 bits per heavy atom. The van der Waals surface area contributed by atoms with Crippen molar-refractivity contribution in [3.63, 3.8) is 0 Å². The summed E-state index contributed by atoms with van der Waals surface area (Å²) in [6.07, 6.45) is 2.34. The van der Waals surface area contributed by atoms with Crippen molar-refractivity contribution in [3.05, 3.63) is 29.3 Å². The van der Waals surface area contributed by atoms with E-state index in [0.717, 1.165) is 0 Å². The molecule has 1 aliphatic carbocycles. The molecule has 3 rings (SSSR count). The van der Waals surface area contributed by atoms with Crippen LogP contribution in [0.3, 0.4) is 0 Å². The number of rotatable bonds is 6. The van der Waals surface area contributed by atoms with Crippen LogP contribution in [0.5, 0.6) is 0 Å². The molecular weight excluding hydrogens is 430 g/mol. The van der Waals surface area contributed by atoms with E-state index < -0.39 is 14.8 Å². The van der Waals surface area contributed by atoms with Gasteiger partial charge >= 0.3 is 0 Å². The second-order valence-corrected chi connectivity index (χ2v) is 12.6. The van der Waals surface area contributed by atoms with Crippen LogP contribution >= 0.6 is 0 Å². The first-order valence-electron chi connectivity index (χ1n) is 11.1. The third-order valence-corrected chi connectivity index (χ3v) is 8.27. The SMILES string of the molecule is CC(C)CN1C(=O)c2ccc(NC(=O)C3CCC(NS(=O)(=O)C(C)(C)C)CC3)cc2C1=O. The molecule has 8 nitrogen and oxygen atoms in total. The zero-order chi connectivity index (χ0) is 23.8. The van der Waals surface area contributed by atoms with Crippen molar-refractivity contribution in [3.8, 4) is 0 Å². The van der Waals surface area contributed by atoms with Gasteiger partial charge in [0.1, 0.15) is 0 Å². The summed E-state index contributed by atoms with van der Waals surface area (Å²) in [5.41, 5.74) is 1.16. The number of hydrogen-bond donors (Lipinski definition) is 2. The fraction of sp³-hybridized carbons (Fsp3) is 0.609. The molecule has 1 aromatic carbocycles. The van der Waals surface area contributed by atoms with Crippen LogP contribution in [0.25, 0.3) is 0 Å². The topological polar surface area (TPSA) is 113 Å². The quantitative estimate of drug-likeness (QED) is 0.629. The van der Waals surface area contributed by atoms with Gasteiger partial charge < -0.3 is 5.32 Å². The molecule has 0 bridgehead atoms. The van der Waals surface area contributed by atoms with Crippen molar-refractivity contribution in [1.29, 1.82) is 0 Å². The number of hydrogen-bond acceptors (Lipinski definition) is 5. The standard InChI is InChI=1S/C23H33N3O5S/c1-14(2)13-26-21(28)18-11-10-17(12-19(18)22(26)29)24-20(27)15-6-8-16(9-7-15)25-32(30,31)23(3,4)5/h10-12,14-16,25H,6-9,13H2,1-5H3,(H,24,27). The number of fused-ring (bicyclic) bond motifs is 1. The fourth-order valence-corrected chi connectivity index (χ4v) is 5.04. The Bertz CT molecular complexity index is 1020. The summed E-state index contributed by atoms with van der Waals surface area (Å²) in [7, 11) is -3.43. The highest BCUT2D eigenvalue weighted by atomic mass is 32.2. The lowest BCUT2D eigenvalue weighted by molar-refractivity contribution is -0.120. The first-order valence-corrected chi connectivity index (χ1v) is 12.6. The Balaban J connectivity index is 1.60. The Labute approximate surface area is 190 Å². The fourth-order valence-electron chi connectivity index (χ4n) is 4.01. The molecule has 0 unspecified atom stereocenters. The van der Waals surface area contributed by atoms with Gasteiger partial charge in [-0.15, -0.1) is 0 Å². The molecule has 2 N–H and O–H groups in total. The van der Waals surface area contributed by atoms with E-state index in [1.165, 1.54) is 4.90 Å². The maximum Gasteiger partial charge on any atom is 0.261 e. The van der Waals surface area contributed by atoms with Gasteiger partial charge in [0.05, 0.1) is 15.9 Å². The Hall–Kier alpha value is -2.26. The number of imide groups is 1. The van der Waals surface area contributed by atoms with E-state index >= 15 is 0 Å². The second-order valence-electron chi connectivity index (χ2n) is 10.1. The summed E-state index contributed by atoms with van der Waals surface area (Å²) in [4.78, 5) is 39.1. The minimum atomic E-state index is -3.43. The third-order valence-electron chi connectivity index (χ3n) is 6.01. The van der Waals surface area contributed by atoms with Crippen LogP contribution in [0.4, 0.5) is 5.69 Å². The van der Waals surface area contributed by atoms with Gasteiger partial charge in [0.2, 0.25) is 15.9 Å². The van der Waals surface area contributed by atoms with E-state index in [-0.39, 0.29) is 35.6 Å². The number of sulfonamides is 1. The third kappa shape index (κ3) is 5.04. The van der Waals surface area contributed by atoms with Crippen molar-refractivity contribution in [1.82, 2.24) is 9.62 Å². The summed E-state index contributed by atoms with van der Waals surface area (Å²) < 4.78 is 26.6. The molecule has 0 radical (unpaired) electrons. The van der Waals surface area contributed by atoms with Gasteiger partial charge in [-0.3, -0.25) is 19.3 Å². The number of benzene rings is 1. The normalized spacial score (nSPS) is 21.8. The van der Waals surface area contributed by atoms with Gasteiger partial charge in [0.25, 0.3) is 11.8 Å². The summed E-state index contributed by atoms with van der Waals surface area (Å²) in [5.74, 6) is -0.847. The molecule has 0 atom stereocenters. The van der Waals surface area contributed by atoms with Crippen LogP contribution in [0.2, 0.25) is 0 Å². The van der Waals surface area contributed by atoms with Gasteiger partial charge in [0.15, 0.2) is 0 Å². The molecule has 1 aromatic rings. The number of amides is 3. The molecule has 2 aliphatic rings. The van der Waals surface area contributed by atoms with Crippen molar-refractivity contribution >= 4 is 33.4 Å². The first-order chi connectivity index (χ1) is 14.8. The molecule has 32 heavy (non-hydrogen) atoms. The number of nitrogens with one attached hydrogen (secondary N) is 2. The van der Waals surface area contributed by atoms with Crippen LogP contribution in [0.15, 0.2) is 18.2 Å². The Kier molecular flexibility index (Phi) is 6.81. The zero-order valence-electron chi connectivity index (χ0n) is 19.4. The van der Waals surface area contributed by atoms with E-state index in [0.29, 0.717) is 49.0 Å². The Morgan fingerprint density at radius 3 is 2.22 bits per heavy atom. The average Bonchev–Trinajstić information content (AvgIpc) is 2.91. The maximum atomic E-state index is 12.8. The lowest BCUT2D eigenvalue weighted by Gasteiger charge is -2.30. The van der Waals surface area contributed by atoms with E-state index in [2.05, 4.69) is 10.0 Å². The molecule has 1 aliphatic heterocycles. The van der Waals surface area contributed by atoms with Crippen LogP contribution in [-0.2, 0) is 14.8 Å². The van der Waals surface area contributed by atoms with Crippen LogP contribution in [-0.4, -0.2) is 48.4 Å². The van der Waals surface area contributed by atoms with Gasteiger partial charge in [-0.2, -0.15) is 0 Å². The Morgan fingerprint density at radius 1 is 1.06 bits per heavy atom. The van der Waals surface area contributed by atoms with Crippen LogP contribution < -0.4 is 10.0 Å². The van der Waals surface area contributed by atoms with E-state index in [4.69, 9.17) is 0 Å². The minimum Gasteiger partial charge on any atom is -0.326 e. The minimum absolute atomic E-state index is 0.155. The van der Waals surface area contributed by atoms with Crippen molar-refractivity contribution in [2.45, 2.75) is 71.1 Å². The van der Waals surface area contributed by atoms with Crippen molar-refractivity contribution in [2.75, 3.05) is 11.9 Å². The molecule has 9 heteroatoms. The second kappa shape index (κ2) is 8.94. The first kappa shape index (κ1) is 24.4. The lowest BCUT2D eigenvalue weighted by atomic mass is 9.86. The highest BCUT2D eigenvalue weighted by Gasteiger charge is 2.37. The molecule has 0 saturated heterocycles. The monoisotopic (exact) mass is 463 g/mol. The smallest absolute Gasteiger partial charge is 0.261 e. The van der Waals surface area contributed by atoms with Crippen LogP contribution in [0.1, 0.15) is 81.0 Å². The highest BCUT2D eigenvalue weighted by Crippen LogP contribution is 2.29. The molecular formula is C23H33N3O5S. The number of anilines is 1. The molecule has 0 aromatic heterocycles. The van der Waals surface area contributed by atoms with Gasteiger partial charge in [-0.25, -0.2) is 13.1 Å². The maximum absolute atomic E-state index is 12.8. The number of nitrogens with zero attached hydrogens (tertiary/aromatic N) is 1. The summed E-state index contributed by atoms with van der Waals surface area (Å²) >= 11 is 0. The van der Waals surface area contributed by atoms with Gasteiger partial charge in [-0.1, -0.05) is 13.8 Å². The largest absolute Gasteiger partial charge is 0.326 e. The molecule has 0 spiro atoms. The zero-order valence-corrected chi connectivity index (χ0v) is 20.2. The molecule has 1 saturated carbocycles. The highest BCUT2D eigenvalue weighted by molar-refractivity contribution is 7.90. The van der Waals surface area contributed by atoms with Gasteiger partial charge in [0, 0.05) is 24.2 Å². The van der Waals surface area contributed by atoms with Crippen molar-refractivity contribution < 1.29 is 22.8 Å². The van der Waals surface area contributed by atoms with Crippen LogP contribution in [0, 0.1) is 11.8 Å². The molecule has 3 amide bonds. The summed E-state index contributed by atoms with van der Waals surface area (Å²) in [6.45, 7) is 9.22. The predicted molar refractivity (Wildman–Crippen MR) is 123 cm³/mol. The number of carbonyl (C=O) groups excluding carboxylic acids is 3. The van der Waals surface area contributed by atoms with Crippen molar-refractivity contribution in [2.24, 2.45) is 11.8 Å². The lowest BCUT2D eigenvalue weighted by Crippen LogP contribution is -2.46. The summed E-state index contributed by atoms with van der Waals surface area (Å²) in [5, 5.41) is 2.86. The van der Waals surface area contributed by atoms with Gasteiger partial charge in [-0.05, 0) is 70.6 Å².